The highest BCUT2D eigenvalue weighted by molar-refractivity contribution is 5.80. The molecule has 1 aliphatic carbocycles. The molecule has 3 nitrogen and oxygen atoms in total. The van der Waals surface area contributed by atoms with Gasteiger partial charge in [-0.25, -0.2) is 4.39 Å². The van der Waals surface area contributed by atoms with E-state index in [1.165, 1.54) is 6.07 Å². The molecule has 1 amide bonds. The molecule has 3 rings (SSSR count). The average molecular weight is 276 g/mol. The Morgan fingerprint density at radius 3 is 2.70 bits per heavy atom. The predicted molar refractivity (Wildman–Crippen MR) is 75.5 cm³/mol. The van der Waals surface area contributed by atoms with E-state index in [-0.39, 0.29) is 23.7 Å². The lowest BCUT2D eigenvalue weighted by Crippen LogP contribution is -2.41. The minimum Gasteiger partial charge on any atom is -0.335 e. The van der Waals surface area contributed by atoms with Crippen LogP contribution in [0.25, 0.3) is 0 Å². The molecule has 1 aliphatic heterocycles. The first kappa shape index (κ1) is 13.6. The Labute approximate surface area is 119 Å². The fourth-order valence-corrected chi connectivity index (χ4v) is 2.99. The molecule has 4 heteroatoms. The Hall–Kier alpha value is -1.42. The van der Waals surface area contributed by atoms with E-state index in [4.69, 9.17) is 0 Å². The highest BCUT2D eigenvalue weighted by Gasteiger charge is 2.39. The molecule has 108 valence electrons. The molecule has 1 N–H and O–H groups in total. The fourth-order valence-electron chi connectivity index (χ4n) is 2.99. The van der Waals surface area contributed by atoms with Crippen molar-refractivity contribution in [2.24, 2.45) is 5.92 Å². The summed E-state index contributed by atoms with van der Waals surface area (Å²) in [4.78, 5) is 14.6. The molecule has 1 aromatic rings. The monoisotopic (exact) mass is 276 g/mol. The summed E-state index contributed by atoms with van der Waals surface area (Å²) in [5.41, 5.74) is 0.617. The number of carbonyl (C=O) groups is 1. The number of halogens is 1. The Balaban J connectivity index is 1.76. The van der Waals surface area contributed by atoms with Crippen molar-refractivity contribution in [3.05, 3.63) is 35.6 Å². The van der Waals surface area contributed by atoms with E-state index in [2.05, 4.69) is 12.2 Å². The maximum atomic E-state index is 13.8. The van der Waals surface area contributed by atoms with Crippen LogP contribution >= 0.6 is 0 Å². The van der Waals surface area contributed by atoms with Crippen LogP contribution in [0.3, 0.4) is 0 Å². The quantitative estimate of drug-likeness (QED) is 0.915. The van der Waals surface area contributed by atoms with E-state index < -0.39 is 0 Å². The summed E-state index contributed by atoms with van der Waals surface area (Å²) in [5, 5.41) is 3.32. The average Bonchev–Trinajstić information content (AvgIpc) is 3.19. The summed E-state index contributed by atoms with van der Waals surface area (Å²) >= 11 is 0. The van der Waals surface area contributed by atoms with Crippen LogP contribution < -0.4 is 5.32 Å². The van der Waals surface area contributed by atoms with Crippen LogP contribution in [-0.4, -0.2) is 29.4 Å². The van der Waals surface area contributed by atoms with Gasteiger partial charge < -0.3 is 10.2 Å². The third-order valence-electron chi connectivity index (χ3n) is 4.41. The molecule has 1 heterocycles. The zero-order chi connectivity index (χ0) is 14.1. The van der Waals surface area contributed by atoms with Gasteiger partial charge in [0.25, 0.3) is 0 Å². The van der Waals surface area contributed by atoms with Crippen molar-refractivity contribution in [3.63, 3.8) is 0 Å². The molecule has 0 bridgehead atoms. The molecule has 2 atom stereocenters. The number of nitrogens with one attached hydrogen (secondary N) is 1. The maximum Gasteiger partial charge on any atom is 0.227 e. The largest absolute Gasteiger partial charge is 0.335 e. The first-order chi connectivity index (χ1) is 9.66. The van der Waals surface area contributed by atoms with E-state index in [0.29, 0.717) is 18.2 Å². The molecule has 2 aliphatic rings. The second-order valence-electron chi connectivity index (χ2n) is 5.93. The lowest BCUT2D eigenvalue weighted by molar-refractivity contribution is -0.137. The second-order valence-corrected chi connectivity index (χ2v) is 5.93. The maximum absolute atomic E-state index is 13.8. The van der Waals surface area contributed by atoms with Crippen LogP contribution in [0.1, 0.15) is 31.7 Å². The first-order valence-electron chi connectivity index (χ1n) is 7.44. The molecule has 0 radical (unpaired) electrons. The standard InChI is InChI=1S/C16H21FN2O/c1-11-14(8-9-18-11)16(20)19(13-6-7-13)10-12-4-2-3-5-15(12)17/h2-5,11,13-14,18H,6-10H2,1H3. The summed E-state index contributed by atoms with van der Waals surface area (Å²) in [6, 6.07) is 7.29. The van der Waals surface area contributed by atoms with E-state index in [1.807, 2.05) is 11.0 Å². The lowest BCUT2D eigenvalue weighted by Gasteiger charge is -2.27. The highest BCUT2D eigenvalue weighted by atomic mass is 19.1. The molecular formula is C16H21FN2O. The molecule has 1 saturated heterocycles. The normalized spacial score (nSPS) is 25.7. The summed E-state index contributed by atoms with van der Waals surface area (Å²) in [6.45, 7) is 3.36. The molecule has 2 unspecified atom stereocenters. The summed E-state index contributed by atoms with van der Waals surface area (Å²) in [7, 11) is 0. The van der Waals surface area contributed by atoms with Gasteiger partial charge in [-0.05, 0) is 38.8 Å². The van der Waals surface area contributed by atoms with Crippen molar-refractivity contribution in [3.8, 4) is 0 Å². The van der Waals surface area contributed by atoms with Crippen LogP contribution in [0.2, 0.25) is 0 Å². The summed E-state index contributed by atoms with van der Waals surface area (Å²) < 4.78 is 13.8. The number of hydrogen-bond donors (Lipinski definition) is 1. The van der Waals surface area contributed by atoms with Gasteiger partial charge in [-0.3, -0.25) is 4.79 Å². The van der Waals surface area contributed by atoms with Crippen molar-refractivity contribution in [2.45, 2.75) is 44.8 Å². The lowest BCUT2D eigenvalue weighted by atomic mass is 10.00. The molecule has 0 aromatic heterocycles. The molecular weight excluding hydrogens is 255 g/mol. The zero-order valence-electron chi connectivity index (χ0n) is 11.8. The molecule has 1 aromatic carbocycles. The number of amides is 1. The van der Waals surface area contributed by atoms with Gasteiger partial charge >= 0.3 is 0 Å². The minimum absolute atomic E-state index is 0.0439. The van der Waals surface area contributed by atoms with Gasteiger partial charge in [0.15, 0.2) is 0 Å². The van der Waals surface area contributed by atoms with Crippen LogP contribution in [0, 0.1) is 11.7 Å². The Bertz CT molecular complexity index is 501. The smallest absolute Gasteiger partial charge is 0.227 e. The molecule has 2 fully saturated rings. The van der Waals surface area contributed by atoms with Crippen molar-refractivity contribution in [2.75, 3.05) is 6.54 Å². The van der Waals surface area contributed by atoms with E-state index in [1.54, 1.807) is 12.1 Å². The Morgan fingerprint density at radius 1 is 1.35 bits per heavy atom. The highest BCUT2D eigenvalue weighted by Crippen LogP contribution is 2.32. The molecule has 1 saturated carbocycles. The van der Waals surface area contributed by atoms with Crippen molar-refractivity contribution in [1.29, 1.82) is 0 Å². The number of nitrogens with zero attached hydrogens (tertiary/aromatic N) is 1. The van der Waals surface area contributed by atoms with Crippen molar-refractivity contribution in [1.82, 2.24) is 10.2 Å². The number of rotatable bonds is 4. The summed E-state index contributed by atoms with van der Waals surface area (Å²) in [6.07, 6.45) is 2.99. The Kier molecular flexibility index (Phi) is 3.74. The van der Waals surface area contributed by atoms with Crippen molar-refractivity contribution < 1.29 is 9.18 Å². The van der Waals surface area contributed by atoms with E-state index in [9.17, 15) is 9.18 Å². The topological polar surface area (TPSA) is 32.3 Å². The van der Waals surface area contributed by atoms with Crippen LogP contribution in [-0.2, 0) is 11.3 Å². The van der Waals surface area contributed by atoms with Gasteiger partial charge in [0.05, 0.1) is 5.92 Å². The van der Waals surface area contributed by atoms with E-state index in [0.717, 1.165) is 25.8 Å². The van der Waals surface area contributed by atoms with Gasteiger partial charge in [-0.1, -0.05) is 18.2 Å². The molecule has 0 spiro atoms. The third kappa shape index (κ3) is 2.70. The van der Waals surface area contributed by atoms with Crippen molar-refractivity contribution >= 4 is 5.91 Å². The molecule has 20 heavy (non-hydrogen) atoms. The first-order valence-corrected chi connectivity index (χ1v) is 7.44. The number of hydrogen-bond acceptors (Lipinski definition) is 2. The van der Waals surface area contributed by atoms with Crippen LogP contribution in [0.5, 0.6) is 0 Å². The second kappa shape index (κ2) is 5.52. The van der Waals surface area contributed by atoms with Gasteiger partial charge in [0.2, 0.25) is 5.91 Å². The van der Waals surface area contributed by atoms with Crippen LogP contribution in [0.15, 0.2) is 24.3 Å². The van der Waals surface area contributed by atoms with Gasteiger partial charge in [-0.15, -0.1) is 0 Å². The summed E-state index contributed by atoms with van der Waals surface area (Å²) in [5.74, 6) is 0.0131. The van der Waals surface area contributed by atoms with Gasteiger partial charge in [0.1, 0.15) is 5.82 Å². The van der Waals surface area contributed by atoms with Crippen LogP contribution in [0.4, 0.5) is 4.39 Å². The third-order valence-corrected chi connectivity index (χ3v) is 4.41. The Morgan fingerprint density at radius 2 is 2.10 bits per heavy atom. The van der Waals surface area contributed by atoms with Gasteiger partial charge in [0, 0.05) is 24.2 Å². The van der Waals surface area contributed by atoms with E-state index >= 15 is 0 Å². The minimum atomic E-state index is -0.219. The van der Waals surface area contributed by atoms with Gasteiger partial charge in [-0.2, -0.15) is 0 Å². The predicted octanol–water partition coefficient (Wildman–Crippen LogP) is 2.31. The SMILES string of the molecule is CC1NCCC1C(=O)N(Cc1ccccc1F)C1CC1. The zero-order valence-corrected chi connectivity index (χ0v) is 11.8. The fraction of sp³-hybridized carbons (Fsp3) is 0.562. The number of carbonyl (C=O) groups excluding carboxylic acids is 1. The number of benzene rings is 1.